The Labute approximate surface area is 194 Å². The van der Waals surface area contributed by atoms with Crippen molar-refractivity contribution in [3.8, 4) is 0 Å². The van der Waals surface area contributed by atoms with Gasteiger partial charge in [0.25, 0.3) is 0 Å². The summed E-state index contributed by atoms with van der Waals surface area (Å²) in [6.45, 7) is 3.79. The van der Waals surface area contributed by atoms with Crippen LogP contribution in [0.1, 0.15) is 23.6 Å². The number of piperazine rings is 1. The lowest BCUT2D eigenvalue weighted by atomic mass is 9.94. The lowest BCUT2D eigenvalue weighted by Crippen LogP contribution is -2.69. The first-order valence-electron chi connectivity index (χ1n) is 10.3. The number of halogens is 1. The molecule has 172 valence electrons. The molecule has 0 aromatic heterocycles. The molecule has 1 fully saturated rings. The van der Waals surface area contributed by atoms with Crippen LogP contribution in [-0.2, 0) is 32.6 Å². The van der Waals surface area contributed by atoms with E-state index in [1.54, 1.807) is 19.1 Å². The molecule has 0 radical (unpaired) electrons. The summed E-state index contributed by atoms with van der Waals surface area (Å²) in [5.41, 5.74) is 1.66. The molecule has 2 aromatic carbocycles. The Morgan fingerprint density at radius 1 is 1.09 bits per heavy atom. The van der Waals surface area contributed by atoms with Gasteiger partial charge < -0.3 is 10.2 Å². The Kier molecular flexibility index (Phi) is 7.27. The molecule has 2 amide bonds. The van der Waals surface area contributed by atoms with Crippen molar-refractivity contribution in [1.82, 2.24) is 14.5 Å². The second-order valence-corrected chi connectivity index (χ2v) is 10.8. The molecule has 1 aliphatic rings. The highest BCUT2D eigenvalue weighted by Gasteiger charge is 2.49. The Morgan fingerprint density at radius 3 is 2.28 bits per heavy atom. The van der Waals surface area contributed by atoms with Crippen molar-refractivity contribution >= 4 is 33.4 Å². The van der Waals surface area contributed by atoms with E-state index in [1.165, 1.54) is 4.90 Å². The molecule has 0 bridgehead atoms. The van der Waals surface area contributed by atoms with Gasteiger partial charge in [0.2, 0.25) is 21.8 Å². The molecule has 7 nitrogen and oxygen atoms in total. The molecule has 1 atom stereocenters. The largest absolute Gasteiger partial charge is 0.350 e. The smallest absolute Gasteiger partial charge is 0.247 e. The number of nitrogens with one attached hydrogen (secondary N) is 1. The van der Waals surface area contributed by atoms with Crippen molar-refractivity contribution in [2.24, 2.45) is 0 Å². The molecule has 0 spiro atoms. The van der Waals surface area contributed by atoms with Crippen molar-refractivity contribution in [1.29, 1.82) is 0 Å². The Morgan fingerprint density at radius 2 is 1.69 bits per heavy atom. The van der Waals surface area contributed by atoms with Crippen LogP contribution in [0.3, 0.4) is 0 Å². The number of nitrogens with zero attached hydrogens (tertiary/aromatic N) is 2. The van der Waals surface area contributed by atoms with Crippen LogP contribution in [0.15, 0.2) is 48.5 Å². The number of amides is 2. The van der Waals surface area contributed by atoms with Gasteiger partial charge in [-0.3, -0.25) is 9.59 Å². The van der Waals surface area contributed by atoms with E-state index in [9.17, 15) is 18.0 Å². The first kappa shape index (κ1) is 24.2. The predicted octanol–water partition coefficient (Wildman–Crippen LogP) is 2.37. The zero-order valence-electron chi connectivity index (χ0n) is 18.5. The van der Waals surface area contributed by atoms with Crippen molar-refractivity contribution in [2.45, 2.75) is 32.4 Å². The number of carbonyl (C=O) groups excluding carboxylic acids is 2. The fourth-order valence-corrected chi connectivity index (χ4v) is 4.72. The van der Waals surface area contributed by atoms with Crippen LogP contribution in [0.2, 0.25) is 5.02 Å². The second kappa shape index (κ2) is 9.60. The van der Waals surface area contributed by atoms with Gasteiger partial charge >= 0.3 is 0 Å². The predicted molar refractivity (Wildman–Crippen MR) is 125 cm³/mol. The fourth-order valence-electron chi connectivity index (χ4n) is 3.77. The summed E-state index contributed by atoms with van der Waals surface area (Å²) < 4.78 is 25.4. The van der Waals surface area contributed by atoms with Crippen LogP contribution in [0.5, 0.6) is 0 Å². The van der Waals surface area contributed by atoms with Gasteiger partial charge in [-0.25, -0.2) is 8.42 Å². The maximum Gasteiger partial charge on any atom is 0.247 e. The minimum atomic E-state index is -3.64. The molecule has 1 aliphatic heterocycles. The summed E-state index contributed by atoms with van der Waals surface area (Å²) in [7, 11) is -3.64. The highest BCUT2D eigenvalue weighted by Crippen LogP contribution is 2.25. The zero-order valence-corrected chi connectivity index (χ0v) is 20.0. The number of carbonyl (C=O) groups is 2. The number of sulfonamides is 1. The molecule has 9 heteroatoms. The van der Waals surface area contributed by atoms with Crippen molar-refractivity contribution in [3.05, 3.63) is 70.2 Å². The van der Waals surface area contributed by atoms with Crippen LogP contribution in [0.25, 0.3) is 0 Å². The van der Waals surface area contributed by atoms with E-state index in [1.807, 2.05) is 43.3 Å². The molecule has 1 unspecified atom stereocenters. The standard InChI is InChI=1S/C23H28ClN3O4S/c1-17-4-6-19(7-5-17)14-25-22(29)23(2)16-26(32(3,30)31)15-21(28)27(23)13-12-18-8-10-20(24)11-9-18/h4-11H,12-16H2,1-3H3,(H,25,29). The second-order valence-electron chi connectivity index (χ2n) is 8.40. The lowest BCUT2D eigenvalue weighted by Gasteiger charge is -2.46. The van der Waals surface area contributed by atoms with Gasteiger partial charge in [-0.1, -0.05) is 53.6 Å². The third kappa shape index (κ3) is 5.68. The van der Waals surface area contributed by atoms with Crippen molar-refractivity contribution in [3.63, 3.8) is 0 Å². The fraction of sp³-hybridized carbons (Fsp3) is 0.391. The van der Waals surface area contributed by atoms with Crippen LogP contribution in [0.4, 0.5) is 0 Å². The molecule has 1 saturated heterocycles. The summed E-state index contributed by atoms with van der Waals surface area (Å²) in [6, 6.07) is 15.0. The minimum Gasteiger partial charge on any atom is -0.350 e. The number of aryl methyl sites for hydroxylation is 1. The molecule has 0 aliphatic carbocycles. The highest BCUT2D eigenvalue weighted by atomic mass is 35.5. The molecule has 0 saturated carbocycles. The molecule has 1 heterocycles. The topological polar surface area (TPSA) is 86.8 Å². The van der Waals surface area contributed by atoms with E-state index < -0.39 is 27.4 Å². The quantitative estimate of drug-likeness (QED) is 0.663. The average molecular weight is 478 g/mol. The maximum absolute atomic E-state index is 13.3. The zero-order chi connectivity index (χ0) is 23.5. The van der Waals surface area contributed by atoms with Gasteiger partial charge in [0, 0.05) is 24.7 Å². The van der Waals surface area contributed by atoms with Gasteiger partial charge in [0.15, 0.2) is 0 Å². The number of rotatable bonds is 7. The van der Waals surface area contributed by atoms with Crippen molar-refractivity contribution < 1.29 is 18.0 Å². The third-order valence-corrected chi connectivity index (χ3v) is 7.21. The van der Waals surface area contributed by atoms with E-state index in [4.69, 9.17) is 11.6 Å². The Bertz CT molecular complexity index is 1090. The first-order valence-corrected chi connectivity index (χ1v) is 12.6. The number of hydrogen-bond acceptors (Lipinski definition) is 4. The SMILES string of the molecule is Cc1ccc(CNC(=O)C2(C)CN(S(C)(=O)=O)CC(=O)N2CCc2ccc(Cl)cc2)cc1. The normalized spacial score (nSPS) is 19.8. The summed E-state index contributed by atoms with van der Waals surface area (Å²) in [5, 5.41) is 3.50. The van der Waals surface area contributed by atoms with Gasteiger partial charge in [0.1, 0.15) is 5.54 Å². The Hall–Kier alpha value is -2.42. The summed E-state index contributed by atoms with van der Waals surface area (Å²) >= 11 is 5.94. The average Bonchev–Trinajstić information content (AvgIpc) is 2.73. The molecule has 1 N–H and O–H groups in total. The van der Waals surface area contributed by atoms with E-state index in [2.05, 4.69) is 5.32 Å². The Balaban J connectivity index is 1.81. The summed E-state index contributed by atoms with van der Waals surface area (Å²) in [6.07, 6.45) is 1.57. The molecule has 2 aromatic rings. The summed E-state index contributed by atoms with van der Waals surface area (Å²) in [4.78, 5) is 27.8. The van der Waals surface area contributed by atoms with Crippen LogP contribution in [0, 0.1) is 6.92 Å². The van der Waals surface area contributed by atoms with Crippen LogP contribution in [-0.4, -0.2) is 60.9 Å². The first-order chi connectivity index (χ1) is 15.0. The van der Waals surface area contributed by atoms with Gasteiger partial charge in [-0.05, 0) is 43.5 Å². The summed E-state index contributed by atoms with van der Waals surface area (Å²) in [5.74, 6) is -0.792. The lowest BCUT2D eigenvalue weighted by molar-refractivity contribution is -0.152. The van der Waals surface area contributed by atoms with E-state index in [0.29, 0.717) is 11.4 Å². The number of hydrogen-bond donors (Lipinski definition) is 1. The van der Waals surface area contributed by atoms with Crippen LogP contribution >= 0.6 is 11.6 Å². The molecular formula is C23H28ClN3O4S. The van der Waals surface area contributed by atoms with E-state index >= 15 is 0 Å². The van der Waals surface area contributed by atoms with Crippen LogP contribution < -0.4 is 5.32 Å². The van der Waals surface area contributed by atoms with Gasteiger partial charge in [0.05, 0.1) is 12.8 Å². The van der Waals surface area contributed by atoms with Crippen molar-refractivity contribution in [2.75, 3.05) is 25.9 Å². The highest BCUT2D eigenvalue weighted by molar-refractivity contribution is 7.88. The third-order valence-electron chi connectivity index (χ3n) is 5.76. The van der Waals surface area contributed by atoms with Gasteiger partial charge in [-0.15, -0.1) is 0 Å². The maximum atomic E-state index is 13.3. The molecular weight excluding hydrogens is 450 g/mol. The number of benzene rings is 2. The molecule has 3 rings (SSSR count). The minimum absolute atomic E-state index is 0.0993. The van der Waals surface area contributed by atoms with E-state index in [-0.39, 0.29) is 26.2 Å². The molecule has 32 heavy (non-hydrogen) atoms. The van der Waals surface area contributed by atoms with E-state index in [0.717, 1.165) is 27.3 Å². The monoisotopic (exact) mass is 477 g/mol. The van der Waals surface area contributed by atoms with Gasteiger partial charge in [-0.2, -0.15) is 4.31 Å².